The first-order chi connectivity index (χ1) is 32.2. The highest BCUT2D eigenvalue weighted by Crippen LogP contribution is 2.65. The number of hydrogen-bond donors (Lipinski definition) is 1. The fraction of sp³-hybridized carbons (Fsp3) is 0.509. The van der Waals surface area contributed by atoms with E-state index in [1.54, 1.807) is 113 Å². The molecule has 3 fully saturated rings. The quantitative estimate of drug-likeness (QED) is 0.0381. The zero-order valence-electron chi connectivity index (χ0n) is 40.4. The first-order valence-electron chi connectivity index (χ1n) is 23.6. The molecule has 2 saturated carbocycles. The van der Waals surface area contributed by atoms with Crippen molar-refractivity contribution in [2.45, 2.75) is 142 Å². The Bertz CT molecular complexity index is 2410. The van der Waals surface area contributed by atoms with Crippen LogP contribution in [0.5, 0.6) is 0 Å². The molecule has 1 unspecified atom stereocenters. The summed E-state index contributed by atoms with van der Waals surface area (Å²) in [6, 6.07) is 27.4. The van der Waals surface area contributed by atoms with Gasteiger partial charge in [0.2, 0.25) is 0 Å². The third-order valence-electron chi connectivity index (χ3n) is 15.7. The number of ether oxygens (including phenoxy) is 6. The van der Waals surface area contributed by atoms with Crippen molar-refractivity contribution in [2.24, 2.45) is 22.7 Å². The Labute approximate surface area is 399 Å². The fourth-order valence-corrected chi connectivity index (χ4v) is 14.3. The number of benzene rings is 3. The molecule has 1 aliphatic heterocycles. The zero-order chi connectivity index (χ0) is 49.4. The average Bonchev–Trinajstić information content (AvgIpc) is 3.33. The van der Waals surface area contributed by atoms with E-state index in [2.05, 4.69) is 0 Å². The largest absolute Gasteiger partial charge is 0.509 e. The second-order valence-corrected chi connectivity index (χ2v) is 24.2. The summed E-state index contributed by atoms with van der Waals surface area (Å²) in [6.45, 7) is 14.9. The van der Waals surface area contributed by atoms with Crippen LogP contribution in [-0.4, -0.2) is 97.4 Å². The standard InChI is InChI=1S/C53H64O14Si/c1-10-68(11-2,12-3)67-39-28-40-52(31-62-40,66-34(6)54)44-46(65-48(58)37-26-20-15-21-27-37)53(60)29-38(63-47(57)33(5)42(55)36-24-18-14-19-25-36)32(4)41(50(53,7)8)43(45(56)51(39,44)9)64-49(59)61-30-35-22-16-13-17-23-35/h13-27,33,38-40,43-44,46,60H,10-12,28-31H2,1-9H3/t33?,38-,39-,40+,43+,44-,46-,51+,52-,53+/m0/s1. The summed E-state index contributed by atoms with van der Waals surface area (Å²) < 4.78 is 44.9. The Hall–Kier alpha value is -5.48. The van der Waals surface area contributed by atoms with Gasteiger partial charge in [-0.25, -0.2) is 9.59 Å². The van der Waals surface area contributed by atoms with Gasteiger partial charge in [0.15, 0.2) is 31.6 Å². The molecule has 364 valence electrons. The second kappa shape index (κ2) is 19.5. The van der Waals surface area contributed by atoms with Crippen LogP contribution in [0.3, 0.4) is 0 Å². The lowest BCUT2D eigenvalue weighted by atomic mass is 9.44. The lowest BCUT2D eigenvalue weighted by molar-refractivity contribution is -0.344. The molecule has 4 aliphatic rings. The van der Waals surface area contributed by atoms with Gasteiger partial charge in [0, 0.05) is 30.7 Å². The summed E-state index contributed by atoms with van der Waals surface area (Å²) in [5, 5.41) is 14.1. The minimum absolute atomic E-state index is 0.0682. The molecule has 3 aromatic rings. The van der Waals surface area contributed by atoms with Crippen LogP contribution in [-0.2, 0) is 53.8 Å². The minimum atomic E-state index is -2.66. The van der Waals surface area contributed by atoms with Crippen molar-refractivity contribution in [3.8, 4) is 0 Å². The molecule has 15 heteroatoms. The van der Waals surface area contributed by atoms with Gasteiger partial charge in [0.1, 0.15) is 36.4 Å². The van der Waals surface area contributed by atoms with Gasteiger partial charge in [-0.05, 0) is 67.7 Å². The smallest absolute Gasteiger partial charge is 0.457 e. The van der Waals surface area contributed by atoms with Crippen molar-refractivity contribution in [2.75, 3.05) is 6.61 Å². The molecule has 1 saturated heterocycles. The highest BCUT2D eigenvalue weighted by Gasteiger charge is 2.79. The molecule has 3 aromatic carbocycles. The summed E-state index contributed by atoms with van der Waals surface area (Å²) in [5.74, 6) is -6.44. The number of hydrogen-bond acceptors (Lipinski definition) is 14. The molecule has 7 rings (SSSR count). The van der Waals surface area contributed by atoms with Crippen molar-refractivity contribution >= 4 is 43.9 Å². The SMILES string of the molecule is CC[Si](CC)(CC)O[C@H]1C[C@H]2OC[C@@]2(OC(C)=O)[C@H]2[C@H](OC(=O)c3ccccc3)[C@]3(O)C[C@H](OC(=O)C(C)C(=O)c4ccccc4)C(C)=C([C@@H](OC(=O)OCc4ccccc4)C(=O)[C@]12C)C3(C)C. The molecule has 3 aliphatic carbocycles. The molecule has 68 heavy (non-hydrogen) atoms. The predicted molar refractivity (Wildman–Crippen MR) is 251 cm³/mol. The van der Waals surface area contributed by atoms with E-state index in [0.717, 1.165) is 0 Å². The summed E-state index contributed by atoms with van der Waals surface area (Å²) in [6.07, 6.45) is -8.40. The van der Waals surface area contributed by atoms with Gasteiger partial charge >= 0.3 is 24.1 Å². The number of esters is 3. The van der Waals surface area contributed by atoms with E-state index in [9.17, 15) is 29.1 Å². The van der Waals surface area contributed by atoms with Gasteiger partial charge in [0.05, 0.1) is 29.6 Å². The summed E-state index contributed by atoms with van der Waals surface area (Å²) in [5.41, 5.74) is -6.14. The van der Waals surface area contributed by atoms with Crippen LogP contribution in [0.25, 0.3) is 0 Å². The van der Waals surface area contributed by atoms with Crippen LogP contribution >= 0.6 is 0 Å². The highest BCUT2D eigenvalue weighted by molar-refractivity contribution is 6.73. The monoisotopic (exact) mass is 952 g/mol. The van der Waals surface area contributed by atoms with Gasteiger partial charge < -0.3 is 38.0 Å². The average molecular weight is 953 g/mol. The van der Waals surface area contributed by atoms with Crippen molar-refractivity contribution in [3.05, 3.63) is 119 Å². The first kappa shape index (κ1) is 50.4. The topological polar surface area (TPSA) is 187 Å². The summed E-state index contributed by atoms with van der Waals surface area (Å²) >= 11 is 0. The molecular formula is C53H64O14Si. The number of rotatable bonds is 15. The van der Waals surface area contributed by atoms with Crippen LogP contribution in [0.4, 0.5) is 4.79 Å². The van der Waals surface area contributed by atoms with E-state index in [-0.39, 0.29) is 41.9 Å². The van der Waals surface area contributed by atoms with Gasteiger partial charge in [0.25, 0.3) is 0 Å². The predicted octanol–water partition coefficient (Wildman–Crippen LogP) is 8.54. The third kappa shape index (κ3) is 8.75. The molecule has 14 nitrogen and oxygen atoms in total. The van der Waals surface area contributed by atoms with Crippen molar-refractivity contribution in [3.63, 3.8) is 0 Å². The molecule has 0 spiro atoms. The number of ketones is 2. The number of aliphatic hydroxyl groups is 1. The van der Waals surface area contributed by atoms with E-state index in [1.807, 2.05) is 26.8 Å². The number of Topliss-reactive ketones (excluding diaryl/α,β-unsaturated/α-hetero) is 2. The second-order valence-electron chi connectivity index (χ2n) is 19.5. The lowest BCUT2D eigenvalue weighted by Gasteiger charge is -2.68. The van der Waals surface area contributed by atoms with Crippen LogP contribution < -0.4 is 0 Å². The van der Waals surface area contributed by atoms with Crippen LogP contribution in [0.15, 0.2) is 102 Å². The van der Waals surface area contributed by atoms with Gasteiger partial charge in [-0.3, -0.25) is 19.2 Å². The molecule has 0 amide bonds. The van der Waals surface area contributed by atoms with Crippen LogP contribution in [0.1, 0.15) is 101 Å². The molecule has 1 N–H and O–H groups in total. The van der Waals surface area contributed by atoms with E-state index in [4.69, 9.17) is 32.8 Å². The highest BCUT2D eigenvalue weighted by atomic mass is 28.4. The van der Waals surface area contributed by atoms with Crippen molar-refractivity contribution < 1.29 is 66.7 Å². The van der Waals surface area contributed by atoms with Gasteiger partial charge in [-0.15, -0.1) is 0 Å². The normalized spacial score (nSPS) is 29.9. The Balaban J connectivity index is 1.48. The molecule has 2 bridgehead atoms. The van der Waals surface area contributed by atoms with Crippen molar-refractivity contribution in [1.82, 2.24) is 0 Å². The summed E-state index contributed by atoms with van der Waals surface area (Å²) in [7, 11) is -2.66. The third-order valence-corrected chi connectivity index (χ3v) is 20.3. The lowest BCUT2D eigenvalue weighted by Crippen LogP contribution is -2.82. The fourth-order valence-electron chi connectivity index (χ4n) is 11.4. The van der Waals surface area contributed by atoms with E-state index in [0.29, 0.717) is 23.7 Å². The maximum atomic E-state index is 16.6. The number of carbonyl (C=O) groups excluding carboxylic acids is 6. The van der Waals surface area contributed by atoms with E-state index in [1.165, 1.54) is 13.8 Å². The van der Waals surface area contributed by atoms with Gasteiger partial charge in [-0.2, -0.15) is 0 Å². The maximum Gasteiger partial charge on any atom is 0.509 e. The minimum Gasteiger partial charge on any atom is -0.457 e. The summed E-state index contributed by atoms with van der Waals surface area (Å²) in [4.78, 5) is 86.7. The Morgan fingerprint density at radius 3 is 1.94 bits per heavy atom. The molecular weight excluding hydrogens is 889 g/mol. The Kier molecular flexibility index (Phi) is 14.4. The Morgan fingerprint density at radius 2 is 1.40 bits per heavy atom. The van der Waals surface area contributed by atoms with E-state index >= 15 is 4.79 Å². The van der Waals surface area contributed by atoms with Gasteiger partial charge in [-0.1, -0.05) is 113 Å². The number of fused-ring (bicyclic) bond motifs is 5. The van der Waals surface area contributed by atoms with Crippen LogP contribution in [0.2, 0.25) is 18.1 Å². The maximum absolute atomic E-state index is 16.6. The van der Waals surface area contributed by atoms with Crippen LogP contribution in [0, 0.1) is 22.7 Å². The first-order valence-corrected chi connectivity index (χ1v) is 26.2. The Morgan fingerprint density at radius 1 is 0.824 bits per heavy atom. The van der Waals surface area contributed by atoms with Crippen molar-refractivity contribution in [1.29, 1.82) is 0 Å². The molecule has 0 radical (unpaired) electrons. The van der Waals surface area contributed by atoms with E-state index < -0.39 is 115 Å². The molecule has 0 aromatic heterocycles. The number of carbonyl (C=O) groups is 6. The molecule has 10 atom stereocenters. The zero-order valence-corrected chi connectivity index (χ0v) is 41.4. The molecule has 1 heterocycles.